The van der Waals surface area contributed by atoms with Gasteiger partial charge in [-0.15, -0.1) is 10.2 Å². The highest BCUT2D eigenvalue weighted by Gasteiger charge is 2.15. The summed E-state index contributed by atoms with van der Waals surface area (Å²) in [5.74, 6) is 0.635. The lowest BCUT2D eigenvalue weighted by Gasteiger charge is -2.11. The number of benzene rings is 1. The van der Waals surface area contributed by atoms with Crippen LogP contribution >= 0.6 is 22.7 Å². The summed E-state index contributed by atoms with van der Waals surface area (Å²) in [6, 6.07) is 8.28. The number of aromatic nitrogens is 5. The van der Waals surface area contributed by atoms with Gasteiger partial charge in [0.25, 0.3) is 11.5 Å². The third-order valence-electron chi connectivity index (χ3n) is 4.91. The van der Waals surface area contributed by atoms with Crippen LogP contribution in [0.1, 0.15) is 35.1 Å². The molecule has 3 aromatic heterocycles. The molecule has 0 aliphatic carbocycles. The minimum atomic E-state index is -0.583. The molecule has 0 unspecified atom stereocenters. The Labute approximate surface area is 220 Å². The largest absolute Gasteiger partial charge is 0.493 e. The first-order valence-electron chi connectivity index (χ1n) is 11.2. The third-order valence-corrected chi connectivity index (χ3v) is 6.59. The fraction of sp³-hybridized carbons (Fsp3) is 0.292. The molecule has 1 N–H and O–H groups in total. The Bertz CT molecular complexity index is 1580. The summed E-state index contributed by atoms with van der Waals surface area (Å²) in [6.07, 6.45) is 2.20. The molecule has 0 aliphatic rings. The van der Waals surface area contributed by atoms with Gasteiger partial charge in [0.2, 0.25) is 10.1 Å². The van der Waals surface area contributed by atoms with E-state index in [1.807, 2.05) is 6.07 Å². The lowest BCUT2D eigenvalue weighted by Crippen LogP contribution is -2.16. The Morgan fingerprint density at radius 1 is 1.24 bits per heavy atom. The van der Waals surface area contributed by atoms with Crippen molar-refractivity contribution in [3.8, 4) is 17.6 Å². The van der Waals surface area contributed by atoms with Crippen LogP contribution in [0.4, 0.5) is 5.13 Å². The zero-order valence-corrected chi connectivity index (χ0v) is 22.1. The number of rotatable bonds is 9. The number of ether oxygens (including phenoxy) is 2. The van der Waals surface area contributed by atoms with Crippen LogP contribution in [0.15, 0.2) is 34.6 Å². The maximum atomic E-state index is 12.6. The zero-order chi connectivity index (χ0) is 26.5. The second-order valence-electron chi connectivity index (χ2n) is 8.32. The van der Waals surface area contributed by atoms with E-state index in [1.165, 1.54) is 46.4 Å². The van der Waals surface area contributed by atoms with Crippen molar-refractivity contribution < 1.29 is 14.3 Å². The number of nitrogens with zero attached hydrogens (tertiary/aromatic N) is 6. The molecular formula is C24H23N7O4S2. The van der Waals surface area contributed by atoms with Crippen LogP contribution in [0.5, 0.6) is 11.5 Å². The summed E-state index contributed by atoms with van der Waals surface area (Å²) >= 11 is 2.60. The van der Waals surface area contributed by atoms with E-state index in [0.29, 0.717) is 38.8 Å². The van der Waals surface area contributed by atoms with E-state index in [-0.39, 0.29) is 17.7 Å². The van der Waals surface area contributed by atoms with Gasteiger partial charge in [-0.25, -0.2) is 4.98 Å². The first kappa shape index (κ1) is 25.9. The summed E-state index contributed by atoms with van der Waals surface area (Å²) in [4.78, 5) is 29.8. The van der Waals surface area contributed by atoms with E-state index >= 15 is 0 Å². The van der Waals surface area contributed by atoms with Gasteiger partial charge in [0.15, 0.2) is 11.5 Å². The predicted octanol–water partition coefficient (Wildman–Crippen LogP) is 3.64. The monoisotopic (exact) mass is 537 g/mol. The van der Waals surface area contributed by atoms with Crippen LogP contribution in [0, 0.1) is 24.2 Å². The highest BCUT2D eigenvalue weighted by atomic mass is 32.1. The smallest absolute Gasteiger partial charge is 0.275 e. The molecule has 1 aromatic carbocycles. The van der Waals surface area contributed by atoms with Gasteiger partial charge in [0, 0.05) is 12.5 Å². The van der Waals surface area contributed by atoms with Gasteiger partial charge in [-0.2, -0.15) is 14.9 Å². The van der Waals surface area contributed by atoms with Crippen molar-refractivity contribution in [1.82, 2.24) is 24.8 Å². The molecule has 3 heterocycles. The van der Waals surface area contributed by atoms with Crippen LogP contribution in [-0.4, -0.2) is 37.8 Å². The summed E-state index contributed by atoms with van der Waals surface area (Å²) in [7, 11) is 1.48. The fourth-order valence-corrected chi connectivity index (χ4v) is 5.00. The molecule has 0 atom stereocenters. The molecule has 4 rings (SSSR count). The molecule has 37 heavy (non-hydrogen) atoms. The molecule has 190 valence electrons. The number of hydrogen-bond acceptors (Lipinski definition) is 11. The maximum Gasteiger partial charge on any atom is 0.275 e. The molecule has 0 saturated carbocycles. The number of methoxy groups -OCH3 is 1. The van der Waals surface area contributed by atoms with Gasteiger partial charge < -0.3 is 9.47 Å². The number of nitriles is 1. The number of carbonyl (C=O) groups excluding carboxylic acids is 1. The Morgan fingerprint density at radius 3 is 2.78 bits per heavy atom. The van der Waals surface area contributed by atoms with Gasteiger partial charge in [0.1, 0.15) is 28.3 Å². The van der Waals surface area contributed by atoms with Gasteiger partial charge >= 0.3 is 0 Å². The average molecular weight is 538 g/mol. The highest BCUT2D eigenvalue weighted by molar-refractivity contribution is 7.16. The normalized spacial score (nSPS) is 11.5. The molecule has 1 amide bonds. The van der Waals surface area contributed by atoms with Gasteiger partial charge in [-0.05, 0) is 36.6 Å². The van der Waals surface area contributed by atoms with Crippen molar-refractivity contribution >= 4 is 44.7 Å². The summed E-state index contributed by atoms with van der Waals surface area (Å²) in [6.45, 7) is 5.99. The first-order valence-corrected chi connectivity index (χ1v) is 12.8. The molecule has 0 fully saturated rings. The lowest BCUT2D eigenvalue weighted by molar-refractivity contribution is -0.112. The highest BCUT2D eigenvalue weighted by Crippen LogP contribution is 2.30. The molecule has 0 saturated heterocycles. The number of amides is 1. The Balaban J connectivity index is 1.47. The van der Waals surface area contributed by atoms with Crippen molar-refractivity contribution in [3.05, 3.63) is 61.5 Å². The minimum absolute atomic E-state index is 0.0424. The van der Waals surface area contributed by atoms with Gasteiger partial charge in [-0.3, -0.25) is 14.9 Å². The predicted molar refractivity (Wildman–Crippen MR) is 140 cm³/mol. The number of aryl methyl sites for hydroxylation is 1. The van der Waals surface area contributed by atoms with E-state index in [9.17, 15) is 14.9 Å². The van der Waals surface area contributed by atoms with Crippen molar-refractivity contribution in [3.63, 3.8) is 0 Å². The van der Waals surface area contributed by atoms with Crippen molar-refractivity contribution in [1.29, 1.82) is 5.26 Å². The number of carbonyl (C=O) groups is 1. The summed E-state index contributed by atoms with van der Waals surface area (Å²) in [5.41, 5.74) is 0.629. The fourth-order valence-electron chi connectivity index (χ4n) is 3.29. The average Bonchev–Trinajstić information content (AvgIpc) is 3.46. The second-order valence-corrected chi connectivity index (χ2v) is 10.5. The molecule has 13 heteroatoms. The van der Waals surface area contributed by atoms with E-state index in [1.54, 1.807) is 25.1 Å². The quantitative estimate of drug-likeness (QED) is 0.250. The number of hydrogen-bond donors (Lipinski definition) is 1. The minimum Gasteiger partial charge on any atom is -0.493 e. The topological polar surface area (TPSA) is 144 Å². The number of anilines is 1. The van der Waals surface area contributed by atoms with Crippen LogP contribution < -0.4 is 20.3 Å². The molecule has 0 spiro atoms. The van der Waals surface area contributed by atoms with Crippen LogP contribution in [0.2, 0.25) is 0 Å². The maximum absolute atomic E-state index is 12.6. The summed E-state index contributed by atoms with van der Waals surface area (Å²) in [5, 5.41) is 26.2. The Kier molecular flexibility index (Phi) is 7.90. The summed E-state index contributed by atoms with van der Waals surface area (Å²) < 4.78 is 12.5. The molecule has 0 radical (unpaired) electrons. The van der Waals surface area contributed by atoms with Crippen LogP contribution in [0.3, 0.4) is 0 Å². The van der Waals surface area contributed by atoms with Crippen LogP contribution in [-0.2, 0) is 17.8 Å². The van der Waals surface area contributed by atoms with E-state index < -0.39 is 5.91 Å². The molecule has 0 bridgehead atoms. The molecule has 4 aromatic rings. The molecule has 11 nitrogen and oxygen atoms in total. The van der Waals surface area contributed by atoms with Gasteiger partial charge in [-0.1, -0.05) is 42.6 Å². The van der Waals surface area contributed by atoms with Crippen molar-refractivity contribution in [2.45, 2.75) is 33.8 Å². The SMILES string of the molecule is COc1cc(/C=C(/C#N)C(=O)Nc2nnc(CC(C)C)s2)ccc1OCc1cc(=O)n2nc(C)sc2n1. The molecule has 0 aliphatic heterocycles. The van der Waals surface area contributed by atoms with Crippen molar-refractivity contribution in [2.24, 2.45) is 5.92 Å². The Hall–Kier alpha value is -4.15. The lowest BCUT2D eigenvalue weighted by atomic mass is 10.1. The molecular weight excluding hydrogens is 514 g/mol. The van der Waals surface area contributed by atoms with Crippen LogP contribution in [0.25, 0.3) is 11.0 Å². The van der Waals surface area contributed by atoms with E-state index in [4.69, 9.17) is 9.47 Å². The third kappa shape index (κ3) is 6.35. The first-order chi connectivity index (χ1) is 17.7. The number of fused-ring (bicyclic) bond motifs is 1. The second kappa shape index (κ2) is 11.3. The van der Waals surface area contributed by atoms with E-state index in [0.717, 1.165) is 16.4 Å². The van der Waals surface area contributed by atoms with Crippen molar-refractivity contribution in [2.75, 3.05) is 12.4 Å². The van der Waals surface area contributed by atoms with E-state index in [2.05, 4.69) is 39.4 Å². The zero-order valence-electron chi connectivity index (χ0n) is 20.5. The standard InChI is InChI=1S/C24H23N7O4S2/c1-13(2)7-20-28-29-23(37-20)27-22(33)16(11-25)8-15-5-6-18(19(9-15)34-4)35-12-17-10-21(32)31-24(26-17)36-14(3)30-31/h5-6,8-10,13H,7,12H2,1-4H3,(H,27,29,33)/b16-8-. The Morgan fingerprint density at radius 2 is 2.05 bits per heavy atom. The van der Waals surface area contributed by atoms with Gasteiger partial charge in [0.05, 0.1) is 12.8 Å². The number of nitrogens with one attached hydrogen (secondary N) is 1.